The molecule has 0 aromatic rings. The van der Waals surface area contributed by atoms with Crippen LogP contribution in [0.1, 0.15) is 6.92 Å². The van der Waals surface area contributed by atoms with Gasteiger partial charge in [-0.2, -0.15) is 0 Å². The van der Waals surface area contributed by atoms with Crippen LogP contribution in [-0.4, -0.2) is 30.1 Å². The quantitative estimate of drug-likeness (QED) is 0.286. The van der Waals surface area contributed by atoms with E-state index in [1.165, 1.54) is 13.0 Å². The van der Waals surface area contributed by atoms with Gasteiger partial charge in [0.2, 0.25) is 6.29 Å². The lowest BCUT2D eigenvalue weighted by Crippen LogP contribution is -2.31. The molecule has 0 fully saturated rings. The van der Waals surface area contributed by atoms with Gasteiger partial charge in [-0.15, -0.1) is 6.58 Å². The van der Waals surface area contributed by atoms with Crippen molar-refractivity contribution in [2.45, 2.75) is 19.3 Å². The Hall–Kier alpha value is -1.13. The van der Waals surface area contributed by atoms with Gasteiger partial charge in [0.15, 0.2) is 0 Å². The Kier molecular flexibility index (Phi) is 5.84. The van der Waals surface area contributed by atoms with E-state index >= 15 is 0 Å². The van der Waals surface area contributed by atoms with Crippen molar-refractivity contribution in [3.05, 3.63) is 25.3 Å². The summed E-state index contributed by atoms with van der Waals surface area (Å²) in [7, 11) is 0. The van der Waals surface area contributed by atoms with Crippen LogP contribution in [0.5, 0.6) is 0 Å². The van der Waals surface area contributed by atoms with Crippen LogP contribution in [0.25, 0.3) is 0 Å². The predicted octanol–water partition coefficient (Wildman–Crippen LogP) is 0.625. The summed E-state index contributed by atoms with van der Waals surface area (Å²) in [4.78, 5) is 10.7. The van der Waals surface area contributed by atoms with Gasteiger partial charge >= 0.3 is 5.97 Å². The summed E-state index contributed by atoms with van der Waals surface area (Å²) in [6.45, 7) is 8.32. The Morgan fingerprint density at radius 2 is 2.23 bits per heavy atom. The highest BCUT2D eigenvalue weighted by Gasteiger charge is 2.18. The molecule has 0 saturated heterocycles. The van der Waals surface area contributed by atoms with Crippen LogP contribution < -0.4 is 0 Å². The van der Waals surface area contributed by atoms with E-state index in [2.05, 4.69) is 17.9 Å². The highest BCUT2D eigenvalue weighted by Crippen LogP contribution is 2.02. The van der Waals surface area contributed by atoms with E-state index in [0.717, 1.165) is 6.08 Å². The zero-order valence-electron chi connectivity index (χ0n) is 7.60. The first-order valence-corrected chi connectivity index (χ1v) is 3.85. The van der Waals surface area contributed by atoms with Crippen LogP contribution in [-0.2, 0) is 14.3 Å². The number of rotatable bonds is 6. The van der Waals surface area contributed by atoms with Gasteiger partial charge in [-0.05, 0) is 6.92 Å². The molecule has 0 aliphatic carbocycles. The standard InChI is InChI=1S/C9H14O4/c1-4-6-12-9(7(3)10)13-8(11)5-2/h4-5,7,9-10H,1-2,6H2,3H3. The molecule has 0 aliphatic rings. The molecule has 0 aliphatic heterocycles. The van der Waals surface area contributed by atoms with Crippen molar-refractivity contribution in [1.82, 2.24) is 0 Å². The van der Waals surface area contributed by atoms with Crippen molar-refractivity contribution in [2.24, 2.45) is 0 Å². The number of ether oxygens (including phenoxy) is 2. The summed E-state index contributed by atoms with van der Waals surface area (Å²) < 4.78 is 9.65. The average Bonchev–Trinajstić information content (AvgIpc) is 2.11. The summed E-state index contributed by atoms with van der Waals surface area (Å²) in [5.74, 6) is -0.630. The molecular weight excluding hydrogens is 172 g/mol. The summed E-state index contributed by atoms with van der Waals surface area (Å²) in [6.07, 6.45) is 0.649. The number of hydrogen-bond acceptors (Lipinski definition) is 4. The van der Waals surface area contributed by atoms with Crippen molar-refractivity contribution in [3.63, 3.8) is 0 Å². The second-order valence-electron chi connectivity index (χ2n) is 2.37. The first-order chi connectivity index (χ1) is 6.11. The van der Waals surface area contributed by atoms with E-state index in [-0.39, 0.29) is 6.61 Å². The molecule has 0 bridgehead atoms. The number of aliphatic hydroxyl groups excluding tert-OH is 1. The molecule has 0 radical (unpaired) electrons. The zero-order valence-corrected chi connectivity index (χ0v) is 7.60. The van der Waals surface area contributed by atoms with Gasteiger partial charge in [-0.25, -0.2) is 4.79 Å². The van der Waals surface area contributed by atoms with Gasteiger partial charge in [0.25, 0.3) is 0 Å². The fourth-order valence-electron chi connectivity index (χ4n) is 0.597. The summed E-state index contributed by atoms with van der Waals surface area (Å²) in [5, 5.41) is 9.11. The van der Waals surface area contributed by atoms with Crippen molar-refractivity contribution >= 4 is 5.97 Å². The third kappa shape index (κ3) is 5.16. The smallest absolute Gasteiger partial charge is 0.332 e. The summed E-state index contributed by atoms with van der Waals surface area (Å²) in [5.41, 5.74) is 0. The Morgan fingerprint density at radius 3 is 2.62 bits per heavy atom. The largest absolute Gasteiger partial charge is 0.430 e. The van der Waals surface area contributed by atoms with Gasteiger partial charge in [0, 0.05) is 6.08 Å². The molecule has 0 saturated carbocycles. The Bertz CT molecular complexity index is 186. The SMILES string of the molecule is C=CCOC(OC(=O)C=C)C(C)O. The second kappa shape index (κ2) is 6.39. The molecule has 2 unspecified atom stereocenters. The van der Waals surface area contributed by atoms with Crippen LogP contribution >= 0.6 is 0 Å². The van der Waals surface area contributed by atoms with Crippen molar-refractivity contribution < 1.29 is 19.4 Å². The number of carbonyl (C=O) groups is 1. The number of carbonyl (C=O) groups excluding carboxylic acids is 1. The second-order valence-corrected chi connectivity index (χ2v) is 2.37. The maximum atomic E-state index is 10.7. The Labute approximate surface area is 77.5 Å². The minimum Gasteiger partial charge on any atom is -0.430 e. The lowest BCUT2D eigenvalue weighted by atomic mass is 10.4. The normalized spacial score (nSPS) is 14.3. The zero-order chi connectivity index (χ0) is 10.3. The molecule has 4 heteroatoms. The van der Waals surface area contributed by atoms with Gasteiger partial charge in [-0.3, -0.25) is 0 Å². The average molecular weight is 186 g/mol. The van der Waals surface area contributed by atoms with E-state index in [1.54, 1.807) is 0 Å². The van der Waals surface area contributed by atoms with Crippen molar-refractivity contribution in [3.8, 4) is 0 Å². The van der Waals surface area contributed by atoms with E-state index in [4.69, 9.17) is 9.84 Å². The monoisotopic (exact) mass is 186 g/mol. The number of hydrogen-bond donors (Lipinski definition) is 1. The van der Waals surface area contributed by atoms with E-state index < -0.39 is 18.4 Å². The van der Waals surface area contributed by atoms with Crippen molar-refractivity contribution in [2.75, 3.05) is 6.61 Å². The molecule has 74 valence electrons. The Morgan fingerprint density at radius 1 is 1.62 bits per heavy atom. The van der Waals surface area contributed by atoms with Gasteiger partial charge in [0.1, 0.15) is 6.10 Å². The molecule has 0 aromatic carbocycles. The summed E-state index contributed by atoms with van der Waals surface area (Å²) >= 11 is 0. The number of aliphatic hydroxyl groups is 1. The minimum absolute atomic E-state index is 0.208. The van der Waals surface area contributed by atoms with E-state index in [0.29, 0.717) is 0 Å². The van der Waals surface area contributed by atoms with Crippen LogP contribution in [0.15, 0.2) is 25.3 Å². The highest BCUT2D eigenvalue weighted by atomic mass is 16.7. The topological polar surface area (TPSA) is 55.8 Å². The molecule has 0 aromatic heterocycles. The molecule has 13 heavy (non-hydrogen) atoms. The van der Waals surface area contributed by atoms with E-state index in [1.807, 2.05) is 0 Å². The van der Waals surface area contributed by atoms with Crippen molar-refractivity contribution in [1.29, 1.82) is 0 Å². The van der Waals surface area contributed by atoms with Crippen LogP contribution in [0.4, 0.5) is 0 Å². The Balaban J connectivity index is 4.00. The first kappa shape index (κ1) is 11.9. The maximum absolute atomic E-state index is 10.7. The molecular formula is C9H14O4. The molecule has 0 rings (SSSR count). The first-order valence-electron chi connectivity index (χ1n) is 3.85. The maximum Gasteiger partial charge on any atom is 0.332 e. The van der Waals surface area contributed by atoms with Gasteiger partial charge < -0.3 is 14.6 Å². The third-order valence-electron chi connectivity index (χ3n) is 1.17. The molecule has 0 spiro atoms. The van der Waals surface area contributed by atoms with Crippen LogP contribution in [0.2, 0.25) is 0 Å². The van der Waals surface area contributed by atoms with Gasteiger partial charge in [0.05, 0.1) is 6.61 Å². The number of esters is 1. The lowest BCUT2D eigenvalue weighted by Gasteiger charge is -2.18. The summed E-state index contributed by atoms with van der Waals surface area (Å²) in [6, 6.07) is 0. The minimum atomic E-state index is -0.969. The molecule has 2 atom stereocenters. The van der Waals surface area contributed by atoms with E-state index in [9.17, 15) is 4.79 Å². The van der Waals surface area contributed by atoms with Gasteiger partial charge in [-0.1, -0.05) is 12.7 Å². The lowest BCUT2D eigenvalue weighted by molar-refractivity contribution is -0.192. The molecule has 0 amide bonds. The van der Waals surface area contributed by atoms with Crippen LogP contribution in [0.3, 0.4) is 0 Å². The fourth-order valence-corrected chi connectivity index (χ4v) is 0.597. The molecule has 1 N–H and O–H groups in total. The fraction of sp³-hybridized carbons (Fsp3) is 0.444. The third-order valence-corrected chi connectivity index (χ3v) is 1.17. The molecule has 4 nitrogen and oxygen atoms in total. The highest BCUT2D eigenvalue weighted by molar-refractivity contribution is 5.81. The van der Waals surface area contributed by atoms with Crippen LogP contribution in [0, 0.1) is 0 Å². The molecule has 0 heterocycles. The predicted molar refractivity (Wildman–Crippen MR) is 47.9 cm³/mol.